The van der Waals surface area contributed by atoms with E-state index in [2.05, 4.69) is 4.98 Å². The summed E-state index contributed by atoms with van der Waals surface area (Å²) in [6.07, 6.45) is 3.26. The van der Waals surface area contributed by atoms with Crippen LogP contribution in [0.3, 0.4) is 0 Å². The van der Waals surface area contributed by atoms with Crippen LogP contribution in [0.2, 0.25) is 0 Å². The molecule has 1 aromatic heterocycles. The van der Waals surface area contributed by atoms with E-state index in [9.17, 15) is 5.11 Å². The molecular weight excluding hydrogens is 158 g/mol. The van der Waals surface area contributed by atoms with Gasteiger partial charge in [0, 0.05) is 11.8 Å². The average molecular weight is 169 g/mol. The monoisotopic (exact) mass is 169 g/mol. The predicted octanol–water partition coefficient (Wildman–Crippen LogP) is 1.86. The third kappa shape index (κ3) is 1.94. The zero-order chi connectivity index (χ0) is 8.27. The van der Waals surface area contributed by atoms with Crippen LogP contribution in [0.1, 0.15) is 18.6 Å². The predicted molar refractivity (Wildman–Crippen MR) is 46.7 cm³/mol. The minimum atomic E-state index is -0.425. The number of rotatable bonds is 2. The van der Waals surface area contributed by atoms with E-state index in [1.165, 1.54) is 0 Å². The molecule has 2 nitrogen and oxygen atoms in total. The molecule has 0 amide bonds. The second kappa shape index (κ2) is 3.74. The summed E-state index contributed by atoms with van der Waals surface area (Å²) in [5, 5.41) is 10.2. The summed E-state index contributed by atoms with van der Waals surface area (Å²) in [6.45, 7) is 1.75. The van der Waals surface area contributed by atoms with Crippen LogP contribution in [-0.4, -0.2) is 16.3 Å². The molecule has 1 N–H and O–H groups in total. The summed E-state index contributed by atoms with van der Waals surface area (Å²) >= 11 is 1.55. The van der Waals surface area contributed by atoms with Gasteiger partial charge < -0.3 is 5.11 Å². The lowest BCUT2D eigenvalue weighted by molar-refractivity contribution is 0.195. The minimum Gasteiger partial charge on any atom is -0.389 e. The van der Waals surface area contributed by atoms with Gasteiger partial charge in [0.1, 0.15) is 5.03 Å². The number of aromatic nitrogens is 1. The quantitative estimate of drug-likeness (QED) is 0.686. The minimum absolute atomic E-state index is 0.425. The molecule has 60 valence electrons. The Labute approximate surface area is 70.7 Å². The zero-order valence-electron chi connectivity index (χ0n) is 6.61. The first kappa shape index (κ1) is 8.56. The van der Waals surface area contributed by atoms with Gasteiger partial charge in [0.25, 0.3) is 0 Å². The van der Waals surface area contributed by atoms with Crippen molar-refractivity contribution in [3.63, 3.8) is 0 Å². The molecule has 1 aromatic rings. The smallest absolute Gasteiger partial charge is 0.101 e. The molecule has 1 unspecified atom stereocenters. The SMILES string of the molecule is CSc1ncccc1C(C)O. The first-order valence-electron chi connectivity index (χ1n) is 3.42. The molecule has 1 rings (SSSR count). The van der Waals surface area contributed by atoms with Gasteiger partial charge >= 0.3 is 0 Å². The topological polar surface area (TPSA) is 33.1 Å². The van der Waals surface area contributed by atoms with Crippen molar-refractivity contribution in [1.82, 2.24) is 4.98 Å². The van der Waals surface area contributed by atoms with Gasteiger partial charge in [-0.15, -0.1) is 11.8 Å². The summed E-state index contributed by atoms with van der Waals surface area (Å²) in [7, 11) is 0. The number of pyridine rings is 1. The highest BCUT2D eigenvalue weighted by Crippen LogP contribution is 2.22. The van der Waals surface area contributed by atoms with Crippen molar-refractivity contribution in [3.8, 4) is 0 Å². The Balaban J connectivity index is 3.02. The number of hydrogen-bond acceptors (Lipinski definition) is 3. The van der Waals surface area contributed by atoms with Crippen LogP contribution in [-0.2, 0) is 0 Å². The Kier molecular flexibility index (Phi) is 2.91. The van der Waals surface area contributed by atoms with Crippen molar-refractivity contribution in [2.75, 3.05) is 6.26 Å². The molecule has 0 fully saturated rings. The Bertz CT molecular complexity index is 237. The number of hydrogen-bond donors (Lipinski definition) is 1. The van der Waals surface area contributed by atoms with Crippen LogP contribution in [0, 0.1) is 0 Å². The summed E-state index contributed by atoms with van der Waals surface area (Å²) < 4.78 is 0. The molecule has 0 radical (unpaired) electrons. The van der Waals surface area contributed by atoms with E-state index in [-0.39, 0.29) is 0 Å². The van der Waals surface area contributed by atoms with Crippen molar-refractivity contribution >= 4 is 11.8 Å². The van der Waals surface area contributed by atoms with Gasteiger partial charge in [0.05, 0.1) is 6.10 Å². The molecule has 3 heteroatoms. The number of aliphatic hydroxyl groups excluding tert-OH is 1. The van der Waals surface area contributed by atoms with Crippen molar-refractivity contribution in [2.45, 2.75) is 18.1 Å². The van der Waals surface area contributed by atoms with Crippen LogP contribution in [0.25, 0.3) is 0 Å². The lowest BCUT2D eigenvalue weighted by atomic mass is 10.2. The molecule has 1 heterocycles. The molecule has 0 saturated heterocycles. The van der Waals surface area contributed by atoms with E-state index in [1.807, 2.05) is 18.4 Å². The van der Waals surface area contributed by atoms with Gasteiger partial charge in [-0.1, -0.05) is 6.07 Å². The first-order chi connectivity index (χ1) is 5.25. The number of thioether (sulfide) groups is 1. The van der Waals surface area contributed by atoms with Crippen molar-refractivity contribution in [2.24, 2.45) is 0 Å². The zero-order valence-corrected chi connectivity index (χ0v) is 7.43. The maximum Gasteiger partial charge on any atom is 0.101 e. The van der Waals surface area contributed by atoms with E-state index in [1.54, 1.807) is 24.9 Å². The van der Waals surface area contributed by atoms with E-state index in [0.29, 0.717) is 0 Å². The maximum atomic E-state index is 9.28. The second-order valence-electron chi connectivity index (χ2n) is 2.28. The normalized spacial score (nSPS) is 13.0. The highest BCUT2D eigenvalue weighted by Gasteiger charge is 2.05. The maximum absolute atomic E-state index is 9.28. The molecule has 0 aliphatic heterocycles. The molecule has 11 heavy (non-hydrogen) atoms. The van der Waals surface area contributed by atoms with E-state index in [0.717, 1.165) is 10.6 Å². The summed E-state index contributed by atoms with van der Waals surface area (Å²) in [5.74, 6) is 0. The highest BCUT2D eigenvalue weighted by molar-refractivity contribution is 7.98. The van der Waals surface area contributed by atoms with Gasteiger partial charge in [-0.05, 0) is 19.2 Å². The lowest BCUT2D eigenvalue weighted by Gasteiger charge is -2.07. The fourth-order valence-electron chi connectivity index (χ4n) is 0.892. The number of aliphatic hydroxyl groups is 1. The summed E-state index contributed by atoms with van der Waals surface area (Å²) in [4.78, 5) is 4.12. The second-order valence-corrected chi connectivity index (χ2v) is 3.07. The standard InChI is InChI=1S/C8H11NOS/c1-6(10)7-4-3-5-9-8(7)11-2/h3-6,10H,1-2H3. The third-order valence-corrected chi connectivity index (χ3v) is 2.17. The fraction of sp³-hybridized carbons (Fsp3) is 0.375. The average Bonchev–Trinajstić information content (AvgIpc) is 2.04. The van der Waals surface area contributed by atoms with Crippen LogP contribution in [0.4, 0.5) is 0 Å². The van der Waals surface area contributed by atoms with E-state index < -0.39 is 6.10 Å². The molecule has 0 saturated carbocycles. The van der Waals surface area contributed by atoms with Gasteiger partial charge in [0.2, 0.25) is 0 Å². The van der Waals surface area contributed by atoms with Gasteiger partial charge in [-0.25, -0.2) is 4.98 Å². The highest BCUT2D eigenvalue weighted by atomic mass is 32.2. The van der Waals surface area contributed by atoms with Crippen LogP contribution in [0.15, 0.2) is 23.4 Å². The van der Waals surface area contributed by atoms with Gasteiger partial charge in [-0.3, -0.25) is 0 Å². The Morgan fingerprint density at radius 1 is 1.64 bits per heavy atom. The summed E-state index contributed by atoms with van der Waals surface area (Å²) in [6, 6.07) is 3.73. The van der Waals surface area contributed by atoms with E-state index in [4.69, 9.17) is 0 Å². The van der Waals surface area contributed by atoms with Crippen molar-refractivity contribution in [3.05, 3.63) is 23.9 Å². The van der Waals surface area contributed by atoms with Crippen LogP contribution in [0.5, 0.6) is 0 Å². The molecule has 0 spiro atoms. The lowest BCUT2D eigenvalue weighted by Crippen LogP contribution is -1.94. The largest absolute Gasteiger partial charge is 0.389 e. The van der Waals surface area contributed by atoms with Gasteiger partial charge in [-0.2, -0.15) is 0 Å². The molecule has 0 aliphatic rings. The molecule has 1 atom stereocenters. The fourth-order valence-corrected chi connectivity index (χ4v) is 1.53. The van der Waals surface area contributed by atoms with Crippen LogP contribution >= 0.6 is 11.8 Å². The molecule has 0 aliphatic carbocycles. The van der Waals surface area contributed by atoms with Crippen molar-refractivity contribution < 1.29 is 5.11 Å². The molecular formula is C8H11NOS. The van der Waals surface area contributed by atoms with Crippen molar-refractivity contribution in [1.29, 1.82) is 0 Å². The summed E-state index contributed by atoms with van der Waals surface area (Å²) in [5.41, 5.74) is 0.903. The van der Waals surface area contributed by atoms with Crippen LogP contribution < -0.4 is 0 Å². The molecule has 0 aromatic carbocycles. The van der Waals surface area contributed by atoms with Gasteiger partial charge in [0.15, 0.2) is 0 Å². The Morgan fingerprint density at radius 3 is 2.82 bits per heavy atom. The van der Waals surface area contributed by atoms with E-state index >= 15 is 0 Å². The first-order valence-corrected chi connectivity index (χ1v) is 4.65. The number of nitrogens with zero attached hydrogens (tertiary/aromatic N) is 1. The Morgan fingerprint density at radius 2 is 2.36 bits per heavy atom. The molecule has 0 bridgehead atoms. The Hall–Kier alpha value is -0.540. The third-order valence-electron chi connectivity index (χ3n) is 1.44.